The first-order valence-corrected chi connectivity index (χ1v) is 19.7. The molecule has 2 N–H and O–H groups in total. The standard InChI is InChI=1S/C42H45N11O3/c1-49-20-22-50(23-21-49)28-29-8-10-30(11-9-29)33-4-2-6-35-43-39(47-52(33)35)45-37(54)41(16-17-41)42(18-19-42)38(55)46-40-44-36-7-3-5-34(53(36)48-40)31-12-14-32(15-13-31)51-24-26-56-27-25-51/h2-15H,16-28H2,1H3,(H,45,47,54)(H,46,48,55). The van der Waals surface area contributed by atoms with E-state index in [1.54, 1.807) is 9.03 Å². The molecule has 2 aromatic carbocycles. The fraction of sp³-hybridized carbons (Fsp3) is 0.381. The summed E-state index contributed by atoms with van der Waals surface area (Å²) in [6.07, 6.45) is 2.48. The highest BCUT2D eigenvalue weighted by molar-refractivity contribution is 6.06. The van der Waals surface area contributed by atoms with Crippen molar-refractivity contribution in [2.45, 2.75) is 32.2 Å². The van der Waals surface area contributed by atoms with Crippen LogP contribution in [0, 0.1) is 10.8 Å². The lowest BCUT2D eigenvalue weighted by Crippen LogP contribution is -2.43. The van der Waals surface area contributed by atoms with Crippen LogP contribution in [0.25, 0.3) is 33.8 Å². The van der Waals surface area contributed by atoms with Gasteiger partial charge in [-0.05, 0) is 74.7 Å². The molecule has 0 radical (unpaired) electrons. The van der Waals surface area contributed by atoms with Gasteiger partial charge >= 0.3 is 0 Å². The second kappa shape index (κ2) is 13.8. The summed E-state index contributed by atoms with van der Waals surface area (Å²) in [4.78, 5) is 44.5. The molecule has 6 heterocycles. The number of likely N-dealkylation sites (N-methyl/N-ethyl adjacent to an activating group) is 1. The van der Waals surface area contributed by atoms with Crippen LogP contribution < -0.4 is 15.5 Å². The molecule has 4 aromatic heterocycles. The van der Waals surface area contributed by atoms with Crippen molar-refractivity contribution >= 4 is 40.7 Å². The van der Waals surface area contributed by atoms with Crippen LogP contribution in [0.3, 0.4) is 0 Å². The number of benzene rings is 2. The third-order valence-corrected chi connectivity index (χ3v) is 12.2. The third kappa shape index (κ3) is 6.27. The summed E-state index contributed by atoms with van der Waals surface area (Å²) in [5.74, 6) is 0.00125. The summed E-state index contributed by atoms with van der Waals surface area (Å²) in [6, 6.07) is 28.6. The number of pyridine rings is 2. The topological polar surface area (TPSA) is 138 Å². The van der Waals surface area contributed by atoms with E-state index >= 15 is 0 Å². The quantitative estimate of drug-likeness (QED) is 0.200. The zero-order chi connectivity index (χ0) is 37.9. The van der Waals surface area contributed by atoms with E-state index in [1.165, 1.54) is 5.56 Å². The first kappa shape index (κ1) is 34.8. The maximum atomic E-state index is 14.0. The Kier molecular flexibility index (Phi) is 8.57. The second-order valence-electron chi connectivity index (χ2n) is 15.7. The summed E-state index contributed by atoms with van der Waals surface area (Å²) in [5, 5.41) is 15.4. The Morgan fingerprint density at radius 1 is 0.643 bits per heavy atom. The van der Waals surface area contributed by atoms with Crippen LogP contribution in [0.4, 0.5) is 17.6 Å². The molecule has 0 spiro atoms. The van der Waals surface area contributed by atoms with Gasteiger partial charge in [-0.1, -0.05) is 48.5 Å². The van der Waals surface area contributed by atoms with Gasteiger partial charge in [-0.25, -0.2) is 9.03 Å². The highest BCUT2D eigenvalue weighted by Crippen LogP contribution is 2.71. The first-order valence-electron chi connectivity index (χ1n) is 19.7. The minimum Gasteiger partial charge on any atom is -0.378 e. The average molecular weight is 752 g/mol. The van der Waals surface area contributed by atoms with Crippen LogP contribution in [0.2, 0.25) is 0 Å². The molecule has 14 heteroatoms. The number of fused-ring (bicyclic) bond motifs is 2. The molecule has 4 fully saturated rings. The molecule has 2 saturated heterocycles. The van der Waals surface area contributed by atoms with E-state index in [-0.39, 0.29) is 23.7 Å². The Morgan fingerprint density at radius 3 is 1.64 bits per heavy atom. The molecular formula is C42H45N11O3. The fourth-order valence-electron chi connectivity index (χ4n) is 8.60. The Labute approximate surface area is 324 Å². The first-order chi connectivity index (χ1) is 27.4. The monoisotopic (exact) mass is 751 g/mol. The van der Waals surface area contributed by atoms with Crippen LogP contribution in [-0.4, -0.2) is 110 Å². The number of piperazine rings is 1. The Balaban J connectivity index is 0.827. The Hall–Kier alpha value is -5.70. The maximum absolute atomic E-state index is 14.0. The predicted octanol–water partition coefficient (Wildman–Crippen LogP) is 4.83. The Bertz CT molecular complexity index is 2420. The molecule has 2 aliphatic carbocycles. The summed E-state index contributed by atoms with van der Waals surface area (Å²) in [6.45, 7) is 8.47. The highest BCUT2D eigenvalue weighted by atomic mass is 16.5. The summed E-state index contributed by atoms with van der Waals surface area (Å²) >= 11 is 0. The fourth-order valence-corrected chi connectivity index (χ4v) is 8.60. The number of rotatable bonds is 10. The van der Waals surface area contributed by atoms with Crippen LogP contribution in [-0.2, 0) is 20.9 Å². The molecule has 2 aliphatic heterocycles. The van der Waals surface area contributed by atoms with Crippen LogP contribution in [0.1, 0.15) is 31.2 Å². The van der Waals surface area contributed by atoms with E-state index in [0.29, 0.717) is 37.0 Å². The van der Waals surface area contributed by atoms with Crippen molar-refractivity contribution in [3.63, 3.8) is 0 Å². The zero-order valence-corrected chi connectivity index (χ0v) is 31.5. The molecule has 0 bridgehead atoms. The minimum atomic E-state index is -0.830. The highest BCUT2D eigenvalue weighted by Gasteiger charge is 2.73. The van der Waals surface area contributed by atoms with Gasteiger partial charge in [0.2, 0.25) is 23.7 Å². The van der Waals surface area contributed by atoms with E-state index in [9.17, 15) is 9.59 Å². The second-order valence-corrected chi connectivity index (χ2v) is 15.7. The van der Waals surface area contributed by atoms with Crippen molar-refractivity contribution < 1.29 is 14.3 Å². The van der Waals surface area contributed by atoms with Gasteiger partial charge in [0.15, 0.2) is 11.3 Å². The number of carbonyl (C=O) groups is 2. The summed E-state index contributed by atoms with van der Waals surface area (Å²) < 4.78 is 9.03. The summed E-state index contributed by atoms with van der Waals surface area (Å²) in [7, 11) is 2.17. The molecule has 56 heavy (non-hydrogen) atoms. The lowest BCUT2D eigenvalue weighted by molar-refractivity contribution is -0.132. The molecule has 0 atom stereocenters. The lowest BCUT2D eigenvalue weighted by atomic mass is 9.83. The smallest absolute Gasteiger partial charge is 0.249 e. The van der Waals surface area contributed by atoms with Gasteiger partial charge in [0, 0.05) is 62.6 Å². The predicted molar refractivity (Wildman–Crippen MR) is 213 cm³/mol. The van der Waals surface area contributed by atoms with Gasteiger partial charge in [-0.15, -0.1) is 10.2 Å². The Morgan fingerprint density at radius 2 is 1.14 bits per heavy atom. The van der Waals surface area contributed by atoms with Gasteiger partial charge in [0.25, 0.3) is 0 Å². The number of nitrogens with zero attached hydrogens (tertiary/aromatic N) is 9. The van der Waals surface area contributed by atoms with E-state index in [1.807, 2.05) is 36.4 Å². The third-order valence-electron chi connectivity index (χ3n) is 12.2. The van der Waals surface area contributed by atoms with Crippen molar-refractivity contribution in [1.29, 1.82) is 0 Å². The molecule has 10 rings (SSSR count). The largest absolute Gasteiger partial charge is 0.378 e. The number of nitrogens with one attached hydrogen (secondary N) is 2. The van der Waals surface area contributed by atoms with E-state index in [4.69, 9.17) is 14.9 Å². The summed E-state index contributed by atoms with van der Waals surface area (Å²) in [5.41, 5.74) is 5.78. The number of ether oxygens (including phenoxy) is 1. The van der Waals surface area contributed by atoms with Crippen molar-refractivity contribution in [3.05, 3.63) is 90.5 Å². The molecule has 6 aromatic rings. The number of hydrogen-bond acceptors (Lipinski definition) is 10. The molecule has 0 unspecified atom stereocenters. The number of amides is 2. The molecular weight excluding hydrogens is 707 g/mol. The number of carbonyl (C=O) groups excluding carboxylic acids is 2. The van der Waals surface area contributed by atoms with Crippen LogP contribution in [0.15, 0.2) is 84.9 Å². The molecule has 2 saturated carbocycles. The number of morpholine rings is 1. The van der Waals surface area contributed by atoms with E-state index in [0.717, 1.165) is 87.2 Å². The van der Waals surface area contributed by atoms with Crippen molar-refractivity contribution in [2.24, 2.45) is 10.8 Å². The number of hydrogen-bond donors (Lipinski definition) is 2. The van der Waals surface area contributed by atoms with Gasteiger partial charge in [0.05, 0.1) is 35.4 Å². The van der Waals surface area contributed by atoms with Gasteiger partial charge in [0.1, 0.15) is 0 Å². The van der Waals surface area contributed by atoms with Crippen molar-refractivity contribution in [3.8, 4) is 22.5 Å². The normalized spacial score (nSPS) is 19.3. The van der Waals surface area contributed by atoms with E-state index < -0.39 is 10.8 Å². The molecule has 286 valence electrons. The molecule has 14 nitrogen and oxygen atoms in total. The number of anilines is 3. The molecule has 2 amide bonds. The van der Waals surface area contributed by atoms with Crippen LogP contribution >= 0.6 is 0 Å². The zero-order valence-electron chi connectivity index (χ0n) is 31.5. The van der Waals surface area contributed by atoms with Crippen molar-refractivity contribution in [2.75, 3.05) is 75.1 Å². The maximum Gasteiger partial charge on any atom is 0.249 e. The number of aromatic nitrogens is 6. The lowest BCUT2D eigenvalue weighted by Gasteiger charge is -2.32. The van der Waals surface area contributed by atoms with Gasteiger partial charge in [-0.3, -0.25) is 25.1 Å². The SMILES string of the molecule is CN1CCN(Cc2ccc(-c3cccc4nc(NC(=O)C5(C6(C(=O)Nc7nc8cccc(-c9ccc(N%10CCOCC%10)cc9)n8n7)CC6)CC5)nn34)cc2)CC1. The minimum absolute atomic E-state index is 0.219. The van der Waals surface area contributed by atoms with Crippen molar-refractivity contribution in [1.82, 2.24) is 39.0 Å². The van der Waals surface area contributed by atoms with Gasteiger partial charge in [-0.2, -0.15) is 9.97 Å². The van der Waals surface area contributed by atoms with Gasteiger partial charge < -0.3 is 14.5 Å². The molecule has 4 aliphatic rings. The van der Waals surface area contributed by atoms with E-state index in [2.05, 4.69) is 90.9 Å². The van der Waals surface area contributed by atoms with Crippen LogP contribution in [0.5, 0.6) is 0 Å². The average Bonchev–Trinajstić information content (AvgIpc) is 4.14.